The summed E-state index contributed by atoms with van der Waals surface area (Å²) in [6.07, 6.45) is 0. The minimum absolute atomic E-state index is 0.0236. The number of aliphatic imine (C=N–C) groups is 1. The Kier molecular flexibility index (Phi) is 3.52. The normalized spacial score (nSPS) is 18.0. The van der Waals surface area contributed by atoms with E-state index >= 15 is 0 Å². The molecule has 0 unspecified atom stereocenters. The van der Waals surface area contributed by atoms with E-state index in [2.05, 4.69) is 4.99 Å². The number of amides is 1. The predicted molar refractivity (Wildman–Crippen MR) is 86.4 cm³/mol. The Morgan fingerprint density at radius 1 is 1.14 bits per heavy atom. The Balaban J connectivity index is 2.27. The van der Waals surface area contributed by atoms with Gasteiger partial charge in [0, 0.05) is 23.2 Å². The first kappa shape index (κ1) is 13.8. The first-order valence-corrected chi connectivity index (χ1v) is 7.16. The number of anilines is 1. The molecule has 2 aromatic carbocycles. The monoisotopic (exact) mass is 298 g/mol. The van der Waals surface area contributed by atoms with Crippen LogP contribution in [0.25, 0.3) is 0 Å². The third kappa shape index (κ3) is 2.45. The molecule has 3 nitrogen and oxygen atoms in total. The summed E-state index contributed by atoms with van der Waals surface area (Å²) in [6, 6.07) is 15.0. The fourth-order valence-electron chi connectivity index (χ4n) is 2.53. The molecule has 0 aromatic heterocycles. The van der Waals surface area contributed by atoms with Crippen molar-refractivity contribution in [3.05, 3.63) is 64.7 Å². The highest BCUT2D eigenvalue weighted by Crippen LogP contribution is 2.29. The van der Waals surface area contributed by atoms with E-state index in [1.807, 2.05) is 49.4 Å². The summed E-state index contributed by atoms with van der Waals surface area (Å²) in [5.41, 5.74) is 3.50. The van der Waals surface area contributed by atoms with Crippen molar-refractivity contribution < 1.29 is 4.79 Å². The molecule has 21 heavy (non-hydrogen) atoms. The second-order valence-electron chi connectivity index (χ2n) is 5.08. The fourth-order valence-corrected chi connectivity index (χ4v) is 2.71. The number of carbonyl (C=O) groups is 1. The van der Waals surface area contributed by atoms with Crippen LogP contribution in [0, 0.1) is 0 Å². The second-order valence-corrected chi connectivity index (χ2v) is 5.51. The highest BCUT2D eigenvalue weighted by Gasteiger charge is 2.27. The molecule has 1 heterocycles. The van der Waals surface area contributed by atoms with Crippen LogP contribution in [-0.2, 0) is 4.79 Å². The average Bonchev–Trinajstić information content (AvgIpc) is 2.59. The lowest BCUT2D eigenvalue weighted by Crippen LogP contribution is -2.32. The van der Waals surface area contributed by atoms with Gasteiger partial charge in [0.15, 0.2) is 0 Å². The van der Waals surface area contributed by atoms with E-state index in [1.54, 1.807) is 18.0 Å². The molecule has 0 N–H and O–H groups in total. The first-order valence-electron chi connectivity index (χ1n) is 6.78. The molecule has 0 radical (unpaired) electrons. The van der Waals surface area contributed by atoms with Gasteiger partial charge >= 0.3 is 0 Å². The van der Waals surface area contributed by atoms with Gasteiger partial charge in [-0.15, -0.1) is 0 Å². The Morgan fingerprint density at radius 2 is 1.86 bits per heavy atom. The molecule has 106 valence electrons. The van der Waals surface area contributed by atoms with Gasteiger partial charge in [-0.2, -0.15) is 0 Å². The molecule has 2 aromatic rings. The molecule has 0 fully saturated rings. The maximum atomic E-state index is 12.4. The fraction of sp³-hybridized carbons (Fsp3) is 0.176. The molecular weight excluding hydrogens is 284 g/mol. The van der Waals surface area contributed by atoms with Gasteiger partial charge in [0.1, 0.15) is 6.04 Å². The Bertz CT molecular complexity index is 725. The van der Waals surface area contributed by atoms with E-state index in [0.717, 1.165) is 22.5 Å². The zero-order valence-corrected chi connectivity index (χ0v) is 12.6. The van der Waals surface area contributed by atoms with Crippen LogP contribution in [-0.4, -0.2) is 24.7 Å². The second kappa shape index (κ2) is 5.34. The maximum absolute atomic E-state index is 12.4. The average molecular weight is 299 g/mol. The summed E-state index contributed by atoms with van der Waals surface area (Å²) in [7, 11) is 1.77. The van der Waals surface area contributed by atoms with Crippen LogP contribution in [0.1, 0.15) is 18.1 Å². The number of benzene rings is 2. The lowest BCUT2D eigenvalue weighted by Gasteiger charge is -2.19. The number of halogens is 1. The molecule has 1 amide bonds. The summed E-state index contributed by atoms with van der Waals surface area (Å²) in [5, 5.41) is 0.632. The number of carbonyl (C=O) groups excluding carboxylic acids is 1. The Hall–Kier alpha value is -2.13. The number of benzodiazepines with no additional fused rings is 1. The SMILES string of the molecule is C[C@@H]1N=C(c2ccccc2)c2cc(Cl)ccc2N(C)C1=O. The van der Waals surface area contributed by atoms with Crippen molar-refractivity contribution in [1.82, 2.24) is 0 Å². The number of fused-ring (bicyclic) bond motifs is 1. The van der Waals surface area contributed by atoms with E-state index in [1.165, 1.54) is 0 Å². The minimum Gasteiger partial charge on any atom is -0.313 e. The highest BCUT2D eigenvalue weighted by molar-refractivity contribution is 6.32. The van der Waals surface area contributed by atoms with E-state index in [4.69, 9.17) is 11.6 Å². The van der Waals surface area contributed by atoms with Crippen LogP contribution in [0.3, 0.4) is 0 Å². The quantitative estimate of drug-likeness (QED) is 0.792. The molecule has 0 bridgehead atoms. The molecule has 1 aliphatic rings. The van der Waals surface area contributed by atoms with Crippen molar-refractivity contribution in [2.45, 2.75) is 13.0 Å². The minimum atomic E-state index is -0.420. The van der Waals surface area contributed by atoms with Gasteiger partial charge in [-0.05, 0) is 25.1 Å². The van der Waals surface area contributed by atoms with Crippen LogP contribution in [0.15, 0.2) is 53.5 Å². The van der Waals surface area contributed by atoms with Crippen LogP contribution < -0.4 is 4.90 Å². The van der Waals surface area contributed by atoms with Crippen molar-refractivity contribution in [2.24, 2.45) is 4.99 Å². The smallest absolute Gasteiger partial charge is 0.251 e. The molecular formula is C17H15ClN2O. The van der Waals surface area contributed by atoms with Gasteiger partial charge in [-0.1, -0.05) is 41.9 Å². The lowest BCUT2D eigenvalue weighted by atomic mass is 10.0. The van der Waals surface area contributed by atoms with E-state index in [0.29, 0.717) is 5.02 Å². The largest absolute Gasteiger partial charge is 0.313 e. The van der Waals surface area contributed by atoms with Crippen LogP contribution in [0.5, 0.6) is 0 Å². The van der Waals surface area contributed by atoms with Crippen molar-refractivity contribution in [2.75, 3.05) is 11.9 Å². The molecule has 0 spiro atoms. The topological polar surface area (TPSA) is 32.7 Å². The van der Waals surface area contributed by atoms with Crippen LogP contribution in [0.2, 0.25) is 5.02 Å². The third-order valence-electron chi connectivity index (χ3n) is 3.63. The molecule has 4 heteroatoms. The van der Waals surface area contributed by atoms with Gasteiger partial charge < -0.3 is 4.90 Å². The maximum Gasteiger partial charge on any atom is 0.251 e. The van der Waals surface area contributed by atoms with Gasteiger partial charge in [0.05, 0.1) is 11.4 Å². The summed E-state index contributed by atoms with van der Waals surface area (Å²) >= 11 is 6.14. The van der Waals surface area contributed by atoms with Gasteiger partial charge in [0.25, 0.3) is 5.91 Å². The standard InChI is InChI=1S/C17H15ClN2O/c1-11-17(21)20(2)15-9-8-13(18)10-14(15)16(19-11)12-6-4-3-5-7-12/h3-11H,1-2H3/t11-/m0/s1. The van der Waals surface area contributed by atoms with Crippen LogP contribution in [0.4, 0.5) is 5.69 Å². The molecule has 0 saturated heterocycles. The van der Waals surface area contributed by atoms with Crippen molar-refractivity contribution >= 4 is 28.9 Å². The number of likely N-dealkylation sites (N-methyl/N-ethyl adjacent to an activating group) is 1. The molecule has 1 aliphatic heterocycles. The number of nitrogens with zero attached hydrogens (tertiary/aromatic N) is 2. The molecule has 3 rings (SSSR count). The van der Waals surface area contributed by atoms with Crippen molar-refractivity contribution in [1.29, 1.82) is 0 Å². The molecule has 1 atom stereocenters. The van der Waals surface area contributed by atoms with Crippen molar-refractivity contribution in [3.8, 4) is 0 Å². The summed E-state index contributed by atoms with van der Waals surface area (Å²) < 4.78 is 0. The molecule has 0 saturated carbocycles. The lowest BCUT2D eigenvalue weighted by molar-refractivity contribution is -0.119. The van der Waals surface area contributed by atoms with E-state index in [-0.39, 0.29) is 5.91 Å². The zero-order valence-electron chi connectivity index (χ0n) is 11.9. The zero-order chi connectivity index (χ0) is 15.0. The van der Waals surface area contributed by atoms with Gasteiger partial charge in [-0.25, -0.2) is 0 Å². The van der Waals surface area contributed by atoms with Crippen molar-refractivity contribution in [3.63, 3.8) is 0 Å². The third-order valence-corrected chi connectivity index (χ3v) is 3.87. The predicted octanol–water partition coefficient (Wildman–Crippen LogP) is 3.54. The van der Waals surface area contributed by atoms with E-state index < -0.39 is 6.04 Å². The Morgan fingerprint density at radius 3 is 2.57 bits per heavy atom. The van der Waals surface area contributed by atoms with Gasteiger partial charge in [0.2, 0.25) is 0 Å². The Labute approximate surface area is 128 Å². The number of rotatable bonds is 1. The summed E-state index contributed by atoms with van der Waals surface area (Å²) in [5.74, 6) is -0.0236. The highest BCUT2D eigenvalue weighted by atomic mass is 35.5. The van der Waals surface area contributed by atoms with Crippen LogP contribution >= 0.6 is 11.6 Å². The molecule has 0 aliphatic carbocycles. The van der Waals surface area contributed by atoms with Gasteiger partial charge in [-0.3, -0.25) is 9.79 Å². The van der Waals surface area contributed by atoms with E-state index in [9.17, 15) is 4.79 Å². The number of hydrogen-bond acceptors (Lipinski definition) is 2. The summed E-state index contributed by atoms with van der Waals surface area (Å²) in [6.45, 7) is 1.81. The number of hydrogen-bond donors (Lipinski definition) is 0. The summed E-state index contributed by atoms with van der Waals surface area (Å²) in [4.78, 5) is 18.6. The first-order chi connectivity index (χ1) is 10.1.